The van der Waals surface area contributed by atoms with Gasteiger partial charge >= 0.3 is 12.3 Å². The van der Waals surface area contributed by atoms with Gasteiger partial charge in [0.25, 0.3) is 0 Å². The summed E-state index contributed by atoms with van der Waals surface area (Å²) in [5, 5.41) is 9.46. The number of rotatable bonds is 5. The molecule has 0 unspecified atom stereocenters. The van der Waals surface area contributed by atoms with Gasteiger partial charge in [-0.1, -0.05) is 12.1 Å². The maximum absolute atomic E-state index is 13.1. The molecule has 0 spiro atoms. The van der Waals surface area contributed by atoms with Crippen molar-refractivity contribution in [2.45, 2.75) is 38.5 Å². The Balaban J connectivity index is 1.74. The maximum Gasteiger partial charge on any atom is 0.573 e. The van der Waals surface area contributed by atoms with Crippen LogP contribution in [-0.2, 0) is 15.0 Å². The molecule has 148 valence electrons. The molecular formula is C19H22F3NO4. The second-order valence-electron chi connectivity index (χ2n) is 7.85. The van der Waals surface area contributed by atoms with E-state index in [9.17, 15) is 27.9 Å². The molecule has 1 saturated carbocycles. The number of alkyl halides is 3. The highest BCUT2D eigenvalue weighted by Gasteiger charge is 2.48. The third kappa shape index (κ3) is 4.20. The molecule has 0 radical (unpaired) electrons. The molecule has 27 heavy (non-hydrogen) atoms. The molecule has 5 nitrogen and oxygen atoms in total. The molecule has 1 amide bonds. The summed E-state index contributed by atoms with van der Waals surface area (Å²) in [6, 6.07) is 5.22. The molecule has 8 heteroatoms. The van der Waals surface area contributed by atoms with E-state index in [1.165, 1.54) is 24.3 Å². The van der Waals surface area contributed by atoms with Crippen LogP contribution in [0.3, 0.4) is 0 Å². The Morgan fingerprint density at radius 3 is 2.19 bits per heavy atom. The van der Waals surface area contributed by atoms with Crippen molar-refractivity contribution in [2.75, 3.05) is 13.1 Å². The highest BCUT2D eigenvalue weighted by molar-refractivity contribution is 5.88. The van der Waals surface area contributed by atoms with Gasteiger partial charge in [-0.05, 0) is 56.2 Å². The van der Waals surface area contributed by atoms with Crippen LogP contribution in [0.5, 0.6) is 5.75 Å². The fourth-order valence-corrected chi connectivity index (χ4v) is 3.85. The summed E-state index contributed by atoms with van der Waals surface area (Å²) in [6.45, 7) is 3.97. The normalized spacial score (nSPS) is 23.4. The summed E-state index contributed by atoms with van der Waals surface area (Å²) < 4.78 is 40.7. The van der Waals surface area contributed by atoms with Gasteiger partial charge < -0.3 is 14.7 Å². The van der Waals surface area contributed by atoms with Gasteiger partial charge in [0.05, 0.1) is 11.3 Å². The molecule has 0 bridgehead atoms. The van der Waals surface area contributed by atoms with Gasteiger partial charge in [-0.3, -0.25) is 9.59 Å². The Hall–Kier alpha value is -2.25. The zero-order chi connectivity index (χ0) is 20.0. The molecule has 1 aliphatic heterocycles. The molecule has 1 aliphatic carbocycles. The third-order valence-corrected chi connectivity index (χ3v) is 5.54. The Kier molecular flexibility index (Phi) is 4.86. The van der Waals surface area contributed by atoms with E-state index in [4.69, 9.17) is 0 Å². The summed E-state index contributed by atoms with van der Waals surface area (Å²) in [5.74, 6) is -1.67. The number of ether oxygens (including phenoxy) is 1. The number of carbonyl (C=O) groups is 2. The lowest BCUT2D eigenvalue weighted by Crippen LogP contribution is -2.42. The van der Waals surface area contributed by atoms with Crippen LogP contribution in [0.4, 0.5) is 13.2 Å². The van der Waals surface area contributed by atoms with E-state index in [-0.39, 0.29) is 24.1 Å². The van der Waals surface area contributed by atoms with E-state index in [1.807, 2.05) is 0 Å². The SMILES string of the molecule is CC(C)(C(=O)N1C[C@H](C(=O)O)[C@@H](C2CC2)C1)c1ccc(OC(F)(F)F)cc1. The minimum absolute atomic E-state index is 0.0233. The van der Waals surface area contributed by atoms with Crippen molar-refractivity contribution in [2.24, 2.45) is 17.8 Å². The molecule has 2 fully saturated rings. The van der Waals surface area contributed by atoms with Crippen molar-refractivity contribution in [1.29, 1.82) is 0 Å². The van der Waals surface area contributed by atoms with Gasteiger partial charge in [-0.15, -0.1) is 13.2 Å². The summed E-state index contributed by atoms with van der Waals surface area (Å²) in [5.41, 5.74) is -0.443. The number of carbonyl (C=O) groups excluding carboxylic acids is 1. The molecule has 2 aliphatic rings. The van der Waals surface area contributed by atoms with E-state index in [1.54, 1.807) is 18.7 Å². The number of amides is 1. The van der Waals surface area contributed by atoms with Crippen LogP contribution in [0, 0.1) is 17.8 Å². The van der Waals surface area contributed by atoms with Gasteiger partial charge in [-0.2, -0.15) is 0 Å². The topological polar surface area (TPSA) is 66.8 Å². The van der Waals surface area contributed by atoms with E-state index >= 15 is 0 Å². The summed E-state index contributed by atoms with van der Waals surface area (Å²) >= 11 is 0. The molecule has 2 atom stereocenters. The average molecular weight is 385 g/mol. The van der Waals surface area contributed by atoms with Crippen molar-refractivity contribution in [3.05, 3.63) is 29.8 Å². The van der Waals surface area contributed by atoms with Gasteiger partial charge in [0.15, 0.2) is 0 Å². The van der Waals surface area contributed by atoms with Gasteiger partial charge in [0, 0.05) is 13.1 Å². The molecular weight excluding hydrogens is 363 g/mol. The van der Waals surface area contributed by atoms with Crippen LogP contribution in [0.15, 0.2) is 24.3 Å². The molecule has 1 N–H and O–H groups in total. The quantitative estimate of drug-likeness (QED) is 0.843. The first kappa shape index (κ1) is 19.5. The first-order chi connectivity index (χ1) is 12.5. The van der Waals surface area contributed by atoms with Gasteiger partial charge in [-0.25, -0.2) is 0 Å². The van der Waals surface area contributed by atoms with Crippen LogP contribution >= 0.6 is 0 Å². The van der Waals surface area contributed by atoms with E-state index in [0.717, 1.165) is 12.8 Å². The number of carboxylic acids is 1. The Bertz CT molecular complexity index is 725. The number of benzene rings is 1. The van der Waals surface area contributed by atoms with E-state index < -0.39 is 23.7 Å². The van der Waals surface area contributed by atoms with Crippen molar-refractivity contribution in [3.63, 3.8) is 0 Å². The summed E-state index contributed by atoms with van der Waals surface area (Å²) in [7, 11) is 0. The van der Waals surface area contributed by atoms with E-state index in [2.05, 4.69) is 4.74 Å². The Morgan fingerprint density at radius 2 is 1.70 bits per heavy atom. The predicted molar refractivity (Wildman–Crippen MR) is 90.1 cm³/mol. The molecule has 3 rings (SSSR count). The van der Waals surface area contributed by atoms with Crippen molar-refractivity contribution in [1.82, 2.24) is 4.90 Å². The second kappa shape index (κ2) is 6.73. The van der Waals surface area contributed by atoms with Crippen LogP contribution in [0.1, 0.15) is 32.3 Å². The smallest absolute Gasteiger partial charge is 0.481 e. The van der Waals surface area contributed by atoms with Crippen molar-refractivity contribution in [3.8, 4) is 5.75 Å². The van der Waals surface area contributed by atoms with Gasteiger partial charge in [0.2, 0.25) is 5.91 Å². The first-order valence-corrected chi connectivity index (χ1v) is 8.87. The van der Waals surface area contributed by atoms with Crippen LogP contribution in [0.25, 0.3) is 0 Å². The zero-order valence-electron chi connectivity index (χ0n) is 15.1. The average Bonchev–Trinajstić information content (AvgIpc) is 3.31. The lowest BCUT2D eigenvalue weighted by atomic mass is 9.83. The minimum Gasteiger partial charge on any atom is -0.481 e. The van der Waals surface area contributed by atoms with Crippen molar-refractivity contribution >= 4 is 11.9 Å². The lowest BCUT2D eigenvalue weighted by molar-refractivity contribution is -0.274. The largest absolute Gasteiger partial charge is 0.573 e. The number of hydrogen-bond acceptors (Lipinski definition) is 3. The molecule has 1 aromatic carbocycles. The number of aliphatic carboxylic acids is 1. The van der Waals surface area contributed by atoms with Crippen LogP contribution in [-0.4, -0.2) is 41.3 Å². The lowest BCUT2D eigenvalue weighted by Gasteiger charge is -2.30. The molecule has 1 aromatic rings. The standard InChI is InChI=1S/C19H22F3NO4/c1-18(2,12-5-7-13(8-6-12)27-19(20,21)22)17(26)23-9-14(11-3-4-11)15(10-23)16(24)25/h5-8,11,14-15H,3-4,9-10H2,1-2H3,(H,24,25)/t14-,15+/m1/s1. The molecule has 1 heterocycles. The number of hydrogen-bond donors (Lipinski definition) is 1. The summed E-state index contributed by atoms with van der Waals surface area (Å²) in [6.07, 6.45) is -2.77. The van der Waals surface area contributed by atoms with E-state index in [0.29, 0.717) is 18.0 Å². The number of likely N-dealkylation sites (tertiary alicyclic amines) is 1. The predicted octanol–water partition coefficient (Wildman–Crippen LogP) is 3.43. The first-order valence-electron chi connectivity index (χ1n) is 8.87. The fraction of sp³-hybridized carbons (Fsp3) is 0.579. The third-order valence-electron chi connectivity index (χ3n) is 5.54. The highest BCUT2D eigenvalue weighted by Crippen LogP contribution is 2.45. The fourth-order valence-electron chi connectivity index (χ4n) is 3.85. The summed E-state index contributed by atoms with van der Waals surface area (Å²) in [4.78, 5) is 26.2. The van der Waals surface area contributed by atoms with Crippen LogP contribution in [0.2, 0.25) is 0 Å². The second-order valence-corrected chi connectivity index (χ2v) is 7.85. The number of halogens is 3. The maximum atomic E-state index is 13.1. The number of nitrogens with zero attached hydrogens (tertiary/aromatic N) is 1. The van der Waals surface area contributed by atoms with Gasteiger partial charge in [0.1, 0.15) is 5.75 Å². The van der Waals surface area contributed by atoms with Crippen LogP contribution < -0.4 is 4.74 Å². The number of carboxylic acid groups (broad SMARTS) is 1. The minimum atomic E-state index is -4.77. The molecule has 0 aromatic heterocycles. The highest BCUT2D eigenvalue weighted by atomic mass is 19.4. The monoisotopic (exact) mass is 385 g/mol. The van der Waals surface area contributed by atoms with Crippen molar-refractivity contribution < 1.29 is 32.6 Å². The molecule has 1 saturated heterocycles. The Labute approximate surface area is 155 Å². The Morgan fingerprint density at radius 1 is 1.11 bits per heavy atom. The zero-order valence-corrected chi connectivity index (χ0v) is 15.1.